The summed E-state index contributed by atoms with van der Waals surface area (Å²) in [5, 5.41) is 9.57. The largest absolute Gasteiger partial charge is 0.390 e. The van der Waals surface area contributed by atoms with Crippen LogP contribution in [0.15, 0.2) is 0 Å². The van der Waals surface area contributed by atoms with Crippen LogP contribution in [0.25, 0.3) is 0 Å². The Hall–Kier alpha value is -0.120. The Bertz CT molecular complexity index is 162. The van der Waals surface area contributed by atoms with E-state index >= 15 is 0 Å². The molecule has 0 aromatic heterocycles. The standard InChI is InChI=1S/C9H18N2O/c10-5-8-6-11(7-8)4-3-9(12)1-2-9/h8,12H,1-7,10H2. The molecule has 0 aromatic rings. The zero-order valence-electron chi connectivity index (χ0n) is 7.50. The van der Waals surface area contributed by atoms with Crippen molar-refractivity contribution in [3.8, 4) is 0 Å². The van der Waals surface area contributed by atoms with E-state index in [9.17, 15) is 5.11 Å². The van der Waals surface area contributed by atoms with Gasteiger partial charge in [-0.1, -0.05) is 0 Å². The Kier molecular flexibility index (Phi) is 2.10. The molecule has 1 heterocycles. The third-order valence-corrected chi connectivity index (χ3v) is 3.09. The first-order valence-electron chi connectivity index (χ1n) is 4.87. The van der Waals surface area contributed by atoms with Crippen LogP contribution in [0.5, 0.6) is 0 Å². The van der Waals surface area contributed by atoms with Crippen molar-refractivity contribution in [3.63, 3.8) is 0 Å². The van der Waals surface area contributed by atoms with Gasteiger partial charge >= 0.3 is 0 Å². The highest BCUT2D eigenvalue weighted by Gasteiger charge is 2.40. The normalized spacial score (nSPS) is 28.5. The van der Waals surface area contributed by atoms with E-state index in [-0.39, 0.29) is 5.60 Å². The molecule has 2 aliphatic rings. The minimum absolute atomic E-state index is 0.270. The van der Waals surface area contributed by atoms with E-state index < -0.39 is 0 Å². The molecule has 12 heavy (non-hydrogen) atoms. The lowest BCUT2D eigenvalue weighted by molar-refractivity contribution is 0.0676. The molecule has 0 amide bonds. The molecule has 1 saturated heterocycles. The number of hydrogen-bond acceptors (Lipinski definition) is 3. The third-order valence-electron chi connectivity index (χ3n) is 3.09. The first-order chi connectivity index (χ1) is 5.72. The Morgan fingerprint density at radius 1 is 1.42 bits per heavy atom. The van der Waals surface area contributed by atoms with Crippen LogP contribution in [0.2, 0.25) is 0 Å². The molecule has 0 aromatic carbocycles. The zero-order valence-corrected chi connectivity index (χ0v) is 7.50. The van der Waals surface area contributed by atoms with E-state index in [4.69, 9.17) is 5.73 Å². The molecule has 3 heteroatoms. The lowest BCUT2D eigenvalue weighted by Gasteiger charge is -2.39. The number of likely N-dealkylation sites (tertiary alicyclic amines) is 1. The molecule has 2 fully saturated rings. The van der Waals surface area contributed by atoms with Gasteiger partial charge in [0.15, 0.2) is 0 Å². The molecule has 0 unspecified atom stereocenters. The molecule has 0 spiro atoms. The molecule has 70 valence electrons. The minimum atomic E-state index is -0.270. The lowest BCUT2D eigenvalue weighted by Crippen LogP contribution is -2.50. The Labute approximate surface area is 73.5 Å². The maximum absolute atomic E-state index is 9.57. The van der Waals surface area contributed by atoms with E-state index in [0.29, 0.717) is 0 Å². The maximum Gasteiger partial charge on any atom is 0.0662 e. The monoisotopic (exact) mass is 170 g/mol. The molecule has 0 radical (unpaired) electrons. The van der Waals surface area contributed by atoms with Crippen LogP contribution in [-0.4, -0.2) is 41.8 Å². The van der Waals surface area contributed by atoms with Crippen LogP contribution >= 0.6 is 0 Å². The number of nitrogens with zero attached hydrogens (tertiary/aromatic N) is 1. The van der Waals surface area contributed by atoms with Gasteiger partial charge in [-0.2, -0.15) is 0 Å². The minimum Gasteiger partial charge on any atom is -0.390 e. The molecule has 1 saturated carbocycles. The van der Waals surface area contributed by atoms with Crippen LogP contribution in [-0.2, 0) is 0 Å². The predicted molar refractivity (Wildman–Crippen MR) is 47.8 cm³/mol. The van der Waals surface area contributed by atoms with Gasteiger partial charge in [0.05, 0.1) is 5.60 Å². The summed E-state index contributed by atoms with van der Waals surface area (Å²) in [6, 6.07) is 0. The van der Waals surface area contributed by atoms with Crippen molar-refractivity contribution in [3.05, 3.63) is 0 Å². The van der Waals surface area contributed by atoms with Crippen molar-refractivity contribution in [2.45, 2.75) is 24.9 Å². The fourth-order valence-electron chi connectivity index (χ4n) is 1.77. The fraction of sp³-hybridized carbons (Fsp3) is 1.00. The van der Waals surface area contributed by atoms with Crippen molar-refractivity contribution >= 4 is 0 Å². The summed E-state index contributed by atoms with van der Waals surface area (Å²) in [6.45, 7) is 4.17. The van der Waals surface area contributed by atoms with Crippen LogP contribution in [0.4, 0.5) is 0 Å². The van der Waals surface area contributed by atoms with Gasteiger partial charge in [-0.05, 0) is 31.7 Å². The van der Waals surface area contributed by atoms with Crippen molar-refractivity contribution < 1.29 is 5.11 Å². The Morgan fingerprint density at radius 3 is 2.58 bits per heavy atom. The smallest absolute Gasteiger partial charge is 0.0662 e. The molecule has 0 atom stereocenters. The Morgan fingerprint density at radius 2 is 2.08 bits per heavy atom. The van der Waals surface area contributed by atoms with Crippen LogP contribution in [0.3, 0.4) is 0 Å². The van der Waals surface area contributed by atoms with Crippen LogP contribution < -0.4 is 5.73 Å². The molecule has 3 nitrogen and oxygen atoms in total. The zero-order chi connectivity index (χ0) is 8.60. The van der Waals surface area contributed by atoms with E-state index in [1.165, 1.54) is 0 Å². The van der Waals surface area contributed by atoms with E-state index in [0.717, 1.165) is 51.4 Å². The molecule has 1 aliphatic carbocycles. The first kappa shape index (κ1) is 8.48. The highest BCUT2D eigenvalue weighted by Crippen LogP contribution is 2.38. The molecule has 2 rings (SSSR count). The SMILES string of the molecule is NCC1CN(CCC2(O)CC2)C1. The van der Waals surface area contributed by atoms with Gasteiger partial charge in [0.25, 0.3) is 0 Å². The van der Waals surface area contributed by atoms with E-state index in [1.807, 2.05) is 0 Å². The van der Waals surface area contributed by atoms with Gasteiger partial charge in [-0.15, -0.1) is 0 Å². The van der Waals surface area contributed by atoms with Gasteiger partial charge in [0.1, 0.15) is 0 Å². The molecule has 1 aliphatic heterocycles. The quantitative estimate of drug-likeness (QED) is 0.614. The summed E-state index contributed by atoms with van der Waals surface area (Å²) in [5.74, 6) is 0.721. The van der Waals surface area contributed by atoms with Crippen molar-refractivity contribution in [1.29, 1.82) is 0 Å². The summed E-state index contributed by atoms with van der Waals surface area (Å²) in [4.78, 5) is 2.38. The van der Waals surface area contributed by atoms with Gasteiger partial charge in [-0.25, -0.2) is 0 Å². The summed E-state index contributed by atoms with van der Waals surface area (Å²) >= 11 is 0. The average Bonchev–Trinajstić information content (AvgIpc) is 2.66. The van der Waals surface area contributed by atoms with E-state index in [1.54, 1.807) is 0 Å². The molecule has 0 bridgehead atoms. The van der Waals surface area contributed by atoms with Gasteiger partial charge in [-0.3, -0.25) is 0 Å². The molecule has 3 N–H and O–H groups in total. The summed E-state index contributed by atoms with van der Waals surface area (Å²) in [5.41, 5.74) is 5.24. The topological polar surface area (TPSA) is 49.5 Å². The fourth-order valence-corrected chi connectivity index (χ4v) is 1.77. The highest BCUT2D eigenvalue weighted by atomic mass is 16.3. The summed E-state index contributed by atoms with van der Waals surface area (Å²) in [6.07, 6.45) is 2.99. The second-order valence-corrected chi connectivity index (χ2v) is 4.34. The van der Waals surface area contributed by atoms with E-state index in [2.05, 4.69) is 4.90 Å². The summed E-state index contributed by atoms with van der Waals surface area (Å²) < 4.78 is 0. The number of rotatable bonds is 4. The van der Waals surface area contributed by atoms with Gasteiger partial charge in [0, 0.05) is 19.6 Å². The molecular formula is C9H18N2O. The van der Waals surface area contributed by atoms with Crippen molar-refractivity contribution in [1.82, 2.24) is 4.90 Å². The number of aliphatic hydroxyl groups is 1. The second-order valence-electron chi connectivity index (χ2n) is 4.34. The van der Waals surface area contributed by atoms with Crippen molar-refractivity contribution in [2.24, 2.45) is 11.7 Å². The van der Waals surface area contributed by atoms with Gasteiger partial charge < -0.3 is 15.7 Å². The molecular weight excluding hydrogens is 152 g/mol. The van der Waals surface area contributed by atoms with Crippen molar-refractivity contribution in [2.75, 3.05) is 26.2 Å². The number of hydrogen-bond donors (Lipinski definition) is 2. The third kappa shape index (κ3) is 1.79. The first-order valence-corrected chi connectivity index (χ1v) is 4.87. The average molecular weight is 170 g/mol. The Balaban J connectivity index is 1.58. The lowest BCUT2D eigenvalue weighted by atomic mass is 10.00. The highest BCUT2D eigenvalue weighted by molar-refractivity contribution is 4.94. The summed E-state index contributed by atoms with van der Waals surface area (Å²) in [7, 11) is 0. The van der Waals surface area contributed by atoms with Crippen LogP contribution in [0.1, 0.15) is 19.3 Å². The van der Waals surface area contributed by atoms with Gasteiger partial charge in [0.2, 0.25) is 0 Å². The predicted octanol–water partition coefficient (Wildman–Crippen LogP) is -0.208. The number of nitrogens with two attached hydrogens (primary N) is 1. The second kappa shape index (κ2) is 2.98. The van der Waals surface area contributed by atoms with Crippen LogP contribution in [0, 0.1) is 5.92 Å². The maximum atomic E-state index is 9.57.